The van der Waals surface area contributed by atoms with Crippen molar-refractivity contribution >= 4 is 10.1 Å². The molecule has 0 aromatic heterocycles. The molecule has 0 aliphatic carbocycles. The molecule has 0 spiro atoms. The molecular formula is C10H7NO3S. The van der Waals surface area contributed by atoms with E-state index in [1.807, 2.05) is 6.07 Å². The van der Waals surface area contributed by atoms with Crippen LogP contribution in [0, 0.1) is 23.2 Å². The lowest BCUT2D eigenvalue weighted by Crippen LogP contribution is -2.00. The van der Waals surface area contributed by atoms with Crippen LogP contribution >= 0.6 is 0 Å². The molecule has 0 atom stereocenters. The summed E-state index contributed by atoms with van der Waals surface area (Å²) in [6.07, 6.45) is 0.0137. The van der Waals surface area contributed by atoms with Gasteiger partial charge in [-0.1, -0.05) is 24.0 Å². The van der Waals surface area contributed by atoms with Crippen LogP contribution in [-0.4, -0.2) is 13.0 Å². The maximum absolute atomic E-state index is 10.9. The Hall–Kier alpha value is -1.82. The van der Waals surface area contributed by atoms with E-state index >= 15 is 0 Å². The smallest absolute Gasteiger partial charge is 0.282 e. The van der Waals surface area contributed by atoms with Crippen LogP contribution < -0.4 is 0 Å². The highest BCUT2D eigenvalue weighted by atomic mass is 32.2. The maximum atomic E-state index is 10.9. The lowest BCUT2D eigenvalue weighted by atomic mass is 10.2. The van der Waals surface area contributed by atoms with Gasteiger partial charge in [-0.05, 0) is 12.1 Å². The van der Waals surface area contributed by atoms with Crippen LogP contribution in [0.25, 0.3) is 0 Å². The maximum Gasteiger partial charge on any atom is 0.295 e. The normalized spacial score (nSPS) is 9.87. The minimum Gasteiger partial charge on any atom is -0.282 e. The van der Waals surface area contributed by atoms with Crippen LogP contribution in [0.5, 0.6) is 0 Å². The van der Waals surface area contributed by atoms with Crippen molar-refractivity contribution in [3.63, 3.8) is 0 Å². The topological polar surface area (TPSA) is 78.2 Å². The average molecular weight is 221 g/mol. The first kappa shape index (κ1) is 11.3. The number of hydrogen-bond acceptors (Lipinski definition) is 3. The third kappa shape index (κ3) is 3.10. The van der Waals surface area contributed by atoms with E-state index in [1.54, 1.807) is 6.07 Å². The second-order valence-electron chi connectivity index (χ2n) is 2.61. The number of hydrogen-bond donors (Lipinski definition) is 1. The van der Waals surface area contributed by atoms with Gasteiger partial charge < -0.3 is 0 Å². The number of nitrogens with zero attached hydrogens (tertiary/aromatic N) is 1. The number of benzene rings is 1. The predicted molar refractivity (Wildman–Crippen MR) is 53.4 cm³/mol. The summed E-state index contributed by atoms with van der Waals surface area (Å²) in [4.78, 5) is -0.240. The van der Waals surface area contributed by atoms with Crippen molar-refractivity contribution in [1.29, 1.82) is 5.26 Å². The van der Waals surface area contributed by atoms with Crippen LogP contribution in [0.15, 0.2) is 29.2 Å². The van der Waals surface area contributed by atoms with Gasteiger partial charge >= 0.3 is 0 Å². The molecule has 1 rings (SSSR count). The summed E-state index contributed by atoms with van der Waals surface area (Å²) in [5.74, 6) is 4.99. The standard InChI is InChI=1S/C10H7NO3S/c11-8-4-3-6-9-5-1-2-7-10(9)15(12,13)14/h1-2,5,7H,4H2,(H,12,13,14). The molecule has 0 aliphatic rings. The van der Waals surface area contributed by atoms with Crippen LogP contribution in [0.4, 0.5) is 0 Å². The highest BCUT2D eigenvalue weighted by Gasteiger charge is 2.12. The summed E-state index contributed by atoms with van der Waals surface area (Å²) < 4.78 is 30.7. The Morgan fingerprint density at radius 3 is 2.60 bits per heavy atom. The fourth-order valence-electron chi connectivity index (χ4n) is 0.974. The van der Waals surface area contributed by atoms with Crippen molar-refractivity contribution in [2.45, 2.75) is 11.3 Å². The van der Waals surface area contributed by atoms with Gasteiger partial charge in [-0.2, -0.15) is 13.7 Å². The van der Waals surface area contributed by atoms with Gasteiger partial charge in [0.25, 0.3) is 10.1 Å². The van der Waals surface area contributed by atoms with Gasteiger partial charge in [-0.3, -0.25) is 4.55 Å². The van der Waals surface area contributed by atoms with Crippen LogP contribution in [0.3, 0.4) is 0 Å². The summed E-state index contributed by atoms with van der Waals surface area (Å²) >= 11 is 0. The molecule has 0 bridgehead atoms. The van der Waals surface area contributed by atoms with Crippen LogP contribution in [0.1, 0.15) is 12.0 Å². The molecule has 0 radical (unpaired) electrons. The Morgan fingerprint density at radius 2 is 2.00 bits per heavy atom. The zero-order chi connectivity index (χ0) is 11.3. The largest absolute Gasteiger partial charge is 0.295 e. The van der Waals surface area contributed by atoms with Gasteiger partial charge in [0.1, 0.15) is 4.90 Å². The molecule has 0 heterocycles. The number of nitriles is 1. The van der Waals surface area contributed by atoms with E-state index in [9.17, 15) is 8.42 Å². The summed E-state index contributed by atoms with van der Waals surface area (Å²) in [6, 6.07) is 7.62. The third-order valence-electron chi connectivity index (χ3n) is 1.56. The lowest BCUT2D eigenvalue weighted by Gasteiger charge is -1.98. The molecule has 0 amide bonds. The Kier molecular flexibility index (Phi) is 3.46. The zero-order valence-electron chi connectivity index (χ0n) is 7.64. The summed E-state index contributed by atoms with van der Waals surface area (Å²) in [5, 5.41) is 8.25. The predicted octanol–water partition coefficient (Wildman–Crippen LogP) is 1.20. The average Bonchev–Trinajstić information content (AvgIpc) is 2.17. The molecule has 5 heteroatoms. The first-order valence-corrected chi connectivity index (χ1v) is 5.42. The molecule has 1 aromatic rings. The molecule has 76 valence electrons. The molecular weight excluding hydrogens is 214 g/mol. The van der Waals surface area contributed by atoms with E-state index in [0.29, 0.717) is 0 Å². The van der Waals surface area contributed by atoms with Gasteiger partial charge in [0.2, 0.25) is 0 Å². The van der Waals surface area contributed by atoms with Gasteiger partial charge in [0, 0.05) is 5.56 Å². The third-order valence-corrected chi connectivity index (χ3v) is 2.47. The lowest BCUT2D eigenvalue weighted by molar-refractivity contribution is 0.483. The minimum absolute atomic E-state index is 0.0137. The summed E-state index contributed by atoms with van der Waals surface area (Å²) in [5.41, 5.74) is 0.190. The SMILES string of the molecule is N#CCC#Cc1ccccc1S(=O)(=O)O. The molecule has 0 fully saturated rings. The van der Waals surface area contributed by atoms with Gasteiger partial charge in [-0.15, -0.1) is 0 Å². The van der Waals surface area contributed by atoms with Crippen molar-refractivity contribution in [2.24, 2.45) is 0 Å². The highest BCUT2D eigenvalue weighted by Crippen LogP contribution is 2.13. The van der Waals surface area contributed by atoms with Gasteiger partial charge in [0.15, 0.2) is 0 Å². The Morgan fingerprint density at radius 1 is 1.33 bits per heavy atom. The van der Waals surface area contributed by atoms with Crippen molar-refractivity contribution in [3.05, 3.63) is 29.8 Å². The van der Waals surface area contributed by atoms with Crippen molar-refractivity contribution in [3.8, 4) is 17.9 Å². The van der Waals surface area contributed by atoms with Crippen LogP contribution in [-0.2, 0) is 10.1 Å². The van der Waals surface area contributed by atoms with E-state index in [-0.39, 0.29) is 16.9 Å². The first-order chi connectivity index (χ1) is 7.05. The monoisotopic (exact) mass is 221 g/mol. The first-order valence-electron chi connectivity index (χ1n) is 3.98. The molecule has 4 nitrogen and oxygen atoms in total. The van der Waals surface area contributed by atoms with Crippen molar-refractivity contribution in [2.75, 3.05) is 0 Å². The number of rotatable bonds is 1. The molecule has 15 heavy (non-hydrogen) atoms. The van der Waals surface area contributed by atoms with E-state index in [2.05, 4.69) is 11.8 Å². The van der Waals surface area contributed by atoms with Gasteiger partial charge in [0.05, 0.1) is 12.5 Å². The molecule has 0 saturated heterocycles. The fourth-order valence-corrected chi connectivity index (χ4v) is 1.62. The second-order valence-corrected chi connectivity index (χ2v) is 4.00. The molecule has 1 aromatic carbocycles. The van der Waals surface area contributed by atoms with Crippen LogP contribution in [0.2, 0.25) is 0 Å². The van der Waals surface area contributed by atoms with E-state index in [0.717, 1.165) is 0 Å². The summed E-state index contributed by atoms with van der Waals surface area (Å²) in [6.45, 7) is 0. The zero-order valence-corrected chi connectivity index (χ0v) is 8.45. The molecule has 0 saturated carbocycles. The van der Waals surface area contributed by atoms with E-state index in [1.165, 1.54) is 18.2 Å². The molecule has 1 N–H and O–H groups in total. The second kappa shape index (κ2) is 4.61. The van der Waals surface area contributed by atoms with Crippen molar-refractivity contribution in [1.82, 2.24) is 0 Å². The Balaban J connectivity index is 3.23. The van der Waals surface area contributed by atoms with E-state index < -0.39 is 10.1 Å². The molecule has 0 aliphatic heterocycles. The highest BCUT2D eigenvalue weighted by molar-refractivity contribution is 7.85. The molecule has 0 unspecified atom stereocenters. The van der Waals surface area contributed by atoms with E-state index in [4.69, 9.17) is 9.81 Å². The fraction of sp³-hybridized carbons (Fsp3) is 0.100. The van der Waals surface area contributed by atoms with Gasteiger partial charge in [-0.25, -0.2) is 0 Å². The summed E-state index contributed by atoms with van der Waals surface area (Å²) in [7, 11) is -4.26. The Labute approximate surface area is 87.9 Å². The minimum atomic E-state index is -4.26. The Bertz CT molecular complexity index is 558. The quantitative estimate of drug-likeness (QED) is 0.571. The van der Waals surface area contributed by atoms with Crippen molar-refractivity contribution < 1.29 is 13.0 Å².